The standard InChI is InChI=1S/C14H19N2O3.CH3.W/c1-19-13(18)14(7-5-11(17)6-8-14)9-10-3-2-4-12(15)16-10;;/h2-4,11,17H,5-9H2,1H3,(H-,15,16);1H3;/q2*-1;+2. The molecule has 0 aliphatic heterocycles. The monoisotopic (exact) mass is 462 g/mol. The van der Waals surface area contributed by atoms with Crippen molar-refractivity contribution < 1.29 is 35.7 Å². The molecule has 116 valence electrons. The van der Waals surface area contributed by atoms with Crippen LogP contribution in [0.5, 0.6) is 0 Å². The summed E-state index contributed by atoms with van der Waals surface area (Å²) >= 11 is 0. The maximum absolute atomic E-state index is 12.1. The summed E-state index contributed by atoms with van der Waals surface area (Å²) in [5.41, 5.74) is 7.66. The molecule has 1 aliphatic rings. The summed E-state index contributed by atoms with van der Waals surface area (Å²) in [5, 5.41) is 9.61. The number of ether oxygens (including phenoxy) is 1. The summed E-state index contributed by atoms with van der Waals surface area (Å²) < 4.78 is 4.94. The molecule has 1 aromatic rings. The van der Waals surface area contributed by atoms with Crippen molar-refractivity contribution in [2.24, 2.45) is 5.41 Å². The predicted octanol–water partition coefficient (Wildman–Crippen LogP) is 2.85. The number of aliphatic hydroxyl groups is 1. The zero-order valence-electron chi connectivity index (χ0n) is 12.5. The first-order chi connectivity index (χ1) is 9.05. The van der Waals surface area contributed by atoms with Gasteiger partial charge in [-0.1, -0.05) is 29.7 Å². The van der Waals surface area contributed by atoms with E-state index in [2.05, 4.69) is 4.98 Å². The molecule has 0 saturated heterocycles. The van der Waals surface area contributed by atoms with Crippen LogP contribution < -0.4 is 0 Å². The molecular weight excluding hydrogens is 440 g/mol. The van der Waals surface area contributed by atoms with Crippen LogP contribution in [0, 0.1) is 12.8 Å². The molecule has 1 heterocycles. The normalized spacial score (nSPS) is 24.4. The van der Waals surface area contributed by atoms with Gasteiger partial charge in [-0.15, -0.1) is 0 Å². The summed E-state index contributed by atoms with van der Waals surface area (Å²) in [4.78, 5) is 16.3. The van der Waals surface area contributed by atoms with Crippen molar-refractivity contribution in [2.75, 3.05) is 7.11 Å². The molecule has 0 amide bonds. The van der Waals surface area contributed by atoms with Crippen LogP contribution >= 0.6 is 0 Å². The number of esters is 1. The molecule has 1 aliphatic carbocycles. The Kier molecular flexibility index (Phi) is 8.12. The van der Waals surface area contributed by atoms with Crippen molar-refractivity contribution in [1.82, 2.24) is 4.98 Å². The van der Waals surface area contributed by atoms with Crippen LogP contribution in [0.2, 0.25) is 0 Å². The van der Waals surface area contributed by atoms with Gasteiger partial charge in [-0.2, -0.15) is 0 Å². The quantitative estimate of drug-likeness (QED) is 0.554. The first kappa shape index (κ1) is 20.1. The fraction of sp³-hybridized carbons (Fsp3) is 0.533. The zero-order chi connectivity index (χ0) is 13.9. The van der Waals surface area contributed by atoms with Crippen LogP contribution in [-0.2, 0) is 37.0 Å². The van der Waals surface area contributed by atoms with E-state index in [1.165, 1.54) is 7.11 Å². The molecular formula is C15H22N2O3W. The minimum atomic E-state index is -0.602. The van der Waals surface area contributed by atoms with Gasteiger partial charge in [-0.3, -0.25) is 4.79 Å². The number of carbonyl (C=O) groups excluding carboxylic acids is 1. The van der Waals surface area contributed by atoms with E-state index in [0.717, 1.165) is 5.69 Å². The average Bonchev–Trinajstić information content (AvgIpc) is 2.41. The summed E-state index contributed by atoms with van der Waals surface area (Å²) in [5.74, 6) is -0.0371. The number of hydrogen-bond donors (Lipinski definition) is 1. The second-order valence-corrected chi connectivity index (χ2v) is 5.19. The van der Waals surface area contributed by atoms with Gasteiger partial charge in [0.05, 0.1) is 18.6 Å². The molecule has 1 fully saturated rings. The third-order valence-electron chi connectivity index (χ3n) is 3.86. The Morgan fingerprint density at radius 3 is 2.62 bits per heavy atom. The summed E-state index contributed by atoms with van der Waals surface area (Å²) in [6.07, 6.45) is 2.56. The molecule has 2 N–H and O–H groups in total. The van der Waals surface area contributed by atoms with Gasteiger partial charge in [-0.25, -0.2) is 0 Å². The van der Waals surface area contributed by atoms with Gasteiger partial charge in [-0.05, 0) is 32.1 Å². The molecule has 6 heteroatoms. The molecule has 0 unspecified atom stereocenters. The smallest absolute Gasteiger partial charge is 0.482 e. The number of rotatable bonds is 3. The average molecular weight is 462 g/mol. The Balaban J connectivity index is 0.00000200. The van der Waals surface area contributed by atoms with Gasteiger partial charge in [0, 0.05) is 0 Å². The van der Waals surface area contributed by atoms with Gasteiger partial charge >= 0.3 is 27.0 Å². The van der Waals surface area contributed by atoms with Gasteiger partial charge in [0.2, 0.25) is 0 Å². The Hall–Kier alpha value is -0.932. The Labute approximate surface area is 140 Å². The van der Waals surface area contributed by atoms with E-state index in [1.54, 1.807) is 12.1 Å². The van der Waals surface area contributed by atoms with E-state index in [1.807, 2.05) is 6.07 Å². The Morgan fingerprint density at radius 2 is 2.10 bits per heavy atom. The third kappa shape index (κ3) is 4.79. The number of aromatic nitrogens is 1. The van der Waals surface area contributed by atoms with Gasteiger partial charge in [0.25, 0.3) is 0 Å². The minimum absolute atomic E-state index is 0. The van der Waals surface area contributed by atoms with Crippen LogP contribution in [0.1, 0.15) is 31.4 Å². The van der Waals surface area contributed by atoms with E-state index >= 15 is 0 Å². The maximum atomic E-state index is 12.1. The fourth-order valence-corrected chi connectivity index (χ4v) is 2.75. The van der Waals surface area contributed by atoms with Crippen LogP contribution in [0.3, 0.4) is 0 Å². The minimum Gasteiger partial charge on any atom is -0.482 e. The van der Waals surface area contributed by atoms with Crippen molar-refractivity contribution in [1.29, 1.82) is 0 Å². The largest absolute Gasteiger partial charge is 2.00 e. The number of methoxy groups -OCH3 is 1. The molecule has 2 rings (SSSR count). The molecule has 0 spiro atoms. The number of carbonyl (C=O) groups is 1. The van der Waals surface area contributed by atoms with Crippen LogP contribution in [-0.4, -0.2) is 29.3 Å². The molecule has 5 nitrogen and oxygen atoms in total. The van der Waals surface area contributed by atoms with Crippen LogP contribution in [0.25, 0.3) is 5.73 Å². The van der Waals surface area contributed by atoms with E-state index < -0.39 is 5.41 Å². The van der Waals surface area contributed by atoms with Gasteiger partial charge < -0.3 is 28.0 Å². The summed E-state index contributed by atoms with van der Waals surface area (Å²) in [6.45, 7) is 0. The first-order valence-electron chi connectivity index (χ1n) is 6.50. The summed E-state index contributed by atoms with van der Waals surface area (Å²) in [7, 11) is 1.39. The van der Waals surface area contributed by atoms with Crippen LogP contribution in [0.4, 0.5) is 5.82 Å². The van der Waals surface area contributed by atoms with Crippen molar-refractivity contribution in [3.05, 3.63) is 37.1 Å². The first-order valence-corrected chi connectivity index (χ1v) is 6.50. The summed E-state index contributed by atoms with van der Waals surface area (Å²) in [6, 6.07) is 5.21. The predicted molar refractivity (Wildman–Crippen MR) is 77.3 cm³/mol. The van der Waals surface area contributed by atoms with Crippen molar-refractivity contribution >= 4 is 11.8 Å². The zero-order valence-corrected chi connectivity index (χ0v) is 15.4. The molecule has 0 radical (unpaired) electrons. The van der Waals surface area contributed by atoms with Crippen molar-refractivity contribution in [3.63, 3.8) is 0 Å². The van der Waals surface area contributed by atoms with Crippen molar-refractivity contribution in [2.45, 2.75) is 38.2 Å². The molecule has 1 saturated carbocycles. The number of nitrogens with zero attached hydrogens (tertiary/aromatic N) is 1. The maximum Gasteiger partial charge on any atom is 2.00 e. The SMILES string of the molecule is COC(=O)C1(Cc2cccc([NH-])n2)CCC(O)CC1.[CH3-].[W+2]. The van der Waals surface area contributed by atoms with E-state index in [0.29, 0.717) is 32.1 Å². The Morgan fingerprint density at radius 1 is 1.48 bits per heavy atom. The topological polar surface area (TPSA) is 83.2 Å². The van der Waals surface area contributed by atoms with Gasteiger partial charge in [0.1, 0.15) is 0 Å². The van der Waals surface area contributed by atoms with Crippen molar-refractivity contribution in [3.8, 4) is 0 Å². The Bertz CT molecular complexity index is 460. The number of nitrogens with one attached hydrogen (secondary N) is 1. The molecule has 0 bridgehead atoms. The molecule has 0 aromatic carbocycles. The number of pyridine rings is 1. The number of hydrogen-bond acceptors (Lipinski definition) is 4. The second-order valence-electron chi connectivity index (χ2n) is 5.19. The molecule has 0 atom stereocenters. The number of aliphatic hydroxyl groups excluding tert-OH is 1. The van der Waals surface area contributed by atoms with E-state index in [-0.39, 0.29) is 46.4 Å². The molecule has 21 heavy (non-hydrogen) atoms. The third-order valence-corrected chi connectivity index (χ3v) is 3.86. The van der Waals surface area contributed by atoms with Crippen LogP contribution in [0.15, 0.2) is 18.2 Å². The van der Waals surface area contributed by atoms with Gasteiger partial charge in [0.15, 0.2) is 0 Å². The second kappa shape index (κ2) is 8.50. The fourth-order valence-electron chi connectivity index (χ4n) is 2.75. The van der Waals surface area contributed by atoms with E-state index in [9.17, 15) is 9.90 Å². The molecule has 1 aromatic heterocycles. The van der Waals surface area contributed by atoms with E-state index in [4.69, 9.17) is 10.5 Å².